The fourth-order valence-electron chi connectivity index (χ4n) is 1.58. The van der Waals surface area contributed by atoms with Crippen LogP contribution in [-0.2, 0) is 13.1 Å². The van der Waals surface area contributed by atoms with Crippen molar-refractivity contribution in [3.05, 3.63) is 22.9 Å². The van der Waals surface area contributed by atoms with Gasteiger partial charge in [0, 0.05) is 24.8 Å². The van der Waals surface area contributed by atoms with Gasteiger partial charge in [-0.2, -0.15) is 0 Å². The van der Waals surface area contributed by atoms with Gasteiger partial charge in [0.1, 0.15) is 0 Å². The van der Waals surface area contributed by atoms with Crippen LogP contribution < -0.4 is 11.1 Å². The molecule has 0 bridgehead atoms. The number of hydrogen-bond donors (Lipinski definition) is 2. The Labute approximate surface area is 87.4 Å². The van der Waals surface area contributed by atoms with E-state index in [4.69, 9.17) is 10.4 Å². The third kappa shape index (κ3) is 1.88. The first-order valence-electron chi connectivity index (χ1n) is 4.86. The molecule has 0 unspecified atom stereocenters. The van der Waals surface area contributed by atoms with Gasteiger partial charge in [0.25, 0.3) is 0 Å². The van der Waals surface area contributed by atoms with E-state index >= 15 is 0 Å². The summed E-state index contributed by atoms with van der Waals surface area (Å²) in [7, 11) is 0. The standard InChI is InChI=1S/C9H16N4O2/c1-4-12-6-7(3)8(10-14)13(5-2)9(12)11-15/h6,14-15H,4-5H2,1-3H3/b10-8+,11-9+. The molecule has 0 saturated heterocycles. The minimum atomic E-state index is 0.374. The second kappa shape index (κ2) is 4.68. The molecule has 6 nitrogen and oxygen atoms in total. The first-order chi connectivity index (χ1) is 7.19. The highest BCUT2D eigenvalue weighted by molar-refractivity contribution is 5.01. The predicted molar refractivity (Wildman–Crippen MR) is 53.2 cm³/mol. The summed E-state index contributed by atoms with van der Waals surface area (Å²) in [5.74, 6) is 0. The zero-order valence-corrected chi connectivity index (χ0v) is 9.17. The molecule has 0 aromatic carbocycles. The molecule has 0 atom stereocenters. The molecule has 1 heterocycles. The van der Waals surface area contributed by atoms with Crippen LogP contribution in [0.4, 0.5) is 0 Å². The smallest absolute Gasteiger partial charge is 0.248 e. The van der Waals surface area contributed by atoms with Gasteiger partial charge in [-0.05, 0) is 20.8 Å². The van der Waals surface area contributed by atoms with Crippen LogP contribution in [0.1, 0.15) is 19.4 Å². The Balaban J connectivity index is 3.77. The Morgan fingerprint density at radius 3 is 2.27 bits per heavy atom. The molecule has 0 saturated carbocycles. The molecule has 84 valence electrons. The molecule has 0 amide bonds. The van der Waals surface area contributed by atoms with Crippen LogP contribution >= 0.6 is 0 Å². The van der Waals surface area contributed by atoms with Crippen LogP contribution in [0.2, 0.25) is 0 Å². The highest BCUT2D eigenvalue weighted by Gasteiger charge is 2.03. The molecule has 0 radical (unpaired) electrons. The number of aromatic nitrogens is 2. The van der Waals surface area contributed by atoms with E-state index in [1.807, 2.05) is 20.8 Å². The van der Waals surface area contributed by atoms with Gasteiger partial charge in [-0.15, -0.1) is 0 Å². The van der Waals surface area contributed by atoms with Gasteiger partial charge in [0.15, 0.2) is 5.49 Å². The lowest BCUT2D eigenvalue weighted by molar-refractivity contribution is 0.269. The SMILES string of the molecule is CCn1cc(C)/c(=N\O)n(CC)/c1=N/O. The largest absolute Gasteiger partial charge is 0.409 e. The monoisotopic (exact) mass is 212 g/mol. The zero-order valence-electron chi connectivity index (χ0n) is 9.17. The average molecular weight is 212 g/mol. The van der Waals surface area contributed by atoms with Crippen LogP contribution in [0.5, 0.6) is 0 Å². The van der Waals surface area contributed by atoms with Crippen molar-refractivity contribution < 1.29 is 10.4 Å². The maximum atomic E-state index is 8.93. The maximum Gasteiger partial charge on any atom is 0.248 e. The summed E-state index contributed by atoms with van der Waals surface area (Å²) in [6.07, 6.45) is 1.79. The fourth-order valence-corrected chi connectivity index (χ4v) is 1.58. The second-order valence-electron chi connectivity index (χ2n) is 3.17. The number of aryl methyl sites for hydroxylation is 2. The van der Waals surface area contributed by atoms with E-state index in [0.717, 1.165) is 5.56 Å². The number of rotatable bonds is 2. The van der Waals surface area contributed by atoms with Crippen molar-refractivity contribution in [3.8, 4) is 0 Å². The van der Waals surface area contributed by atoms with Crippen molar-refractivity contribution in [2.45, 2.75) is 33.9 Å². The summed E-state index contributed by atoms with van der Waals surface area (Å²) >= 11 is 0. The molecular formula is C9H16N4O2. The molecule has 0 spiro atoms. The summed E-state index contributed by atoms with van der Waals surface area (Å²) < 4.78 is 3.42. The summed E-state index contributed by atoms with van der Waals surface area (Å²) in [6.45, 7) is 6.94. The minimum Gasteiger partial charge on any atom is -0.409 e. The third-order valence-electron chi connectivity index (χ3n) is 2.30. The molecule has 0 aliphatic carbocycles. The molecule has 0 fully saturated rings. The van der Waals surface area contributed by atoms with E-state index in [9.17, 15) is 0 Å². The predicted octanol–water partition coefficient (Wildman–Crippen LogP) is 0.218. The fraction of sp³-hybridized carbons (Fsp3) is 0.556. The molecule has 2 N–H and O–H groups in total. The van der Waals surface area contributed by atoms with Crippen molar-refractivity contribution >= 4 is 0 Å². The topological polar surface area (TPSA) is 75.0 Å². The second-order valence-corrected chi connectivity index (χ2v) is 3.17. The van der Waals surface area contributed by atoms with E-state index in [1.165, 1.54) is 0 Å². The van der Waals surface area contributed by atoms with Crippen molar-refractivity contribution in [2.75, 3.05) is 0 Å². The number of nitrogens with zero attached hydrogens (tertiary/aromatic N) is 4. The van der Waals surface area contributed by atoms with E-state index in [0.29, 0.717) is 24.2 Å². The molecule has 0 aliphatic rings. The van der Waals surface area contributed by atoms with E-state index in [1.54, 1.807) is 15.3 Å². The molecule has 0 aliphatic heterocycles. The van der Waals surface area contributed by atoms with Gasteiger partial charge < -0.3 is 15.0 Å². The van der Waals surface area contributed by atoms with Crippen LogP contribution in [-0.4, -0.2) is 19.5 Å². The first kappa shape index (κ1) is 11.4. The molecule has 1 aromatic rings. The first-order valence-corrected chi connectivity index (χ1v) is 4.86. The van der Waals surface area contributed by atoms with Crippen molar-refractivity contribution in [1.29, 1.82) is 0 Å². The highest BCUT2D eigenvalue weighted by Crippen LogP contribution is 1.87. The zero-order chi connectivity index (χ0) is 11.4. The van der Waals surface area contributed by atoms with E-state index in [-0.39, 0.29) is 0 Å². The van der Waals surface area contributed by atoms with Crippen LogP contribution in [0, 0.1) is 6.92 Å². The summed E-state index contributed by atoms with van der Waals surface area (Å²) in [6, 6.07) is 0. The van der Waals surface area contributed by atoms with Gasteiger partial charge in [-0.3, -0.25) is 4.57 Å². The van der Waals surface area contributed by atoms with E-state index in [2.05, 4.69) is 10.3 Å². The molecule has 1 aromatic heterocycles. The summed E-state index contributed by atoms with van der Waals surface area (Å²) in [5.41, 5.74) is 1.61. The van der Waals surface area contributed by atoms with Gasteiger partial charge in [0.05, 0.1) is 0 Å². The average Bonchev–Trinajstić information content (AvgIpc) is 2.27. The van der Waals surface area contributed by atoms with Gasteiger partial charge >= 0.3 is 0 Å². The Bertz CT molecular complexity index is 470. The highest BCUT2D eigenvalue weighted by atomic mass is 16.4. The van der Waals surface area contributed by atoms with Crippen molar-refractivity contribution in [1.82, 2.24) is 9.13 Å². The van der Waals surface area contributed by atoms with Gasteiger partial charge in [-0.25, -0.2) is 0 Å². The maximum absolute atomic E-state index is 8.93. The minimum absolute atomic E-state index is 0.374. The van der Waals surface area contributed by atoms with Crippen LogP contribution in [0.15, 0.2) is 16.5 Å². The van der Waals surface area contributed by atoms with Crippen LogP contribution in [0.25, 0.3) is 0 Å². The van der Waals surface area contributed by atoms with Gasteiger partial charge in [-0.1, -0.05) is 10.3 Å². The molecule has 1 rings (SSSR count). The lowest BCUT2D eigenvalue weighted by Gasteiger charge is -2.11. The van der Waals surface area contributed by atoms with E-state index < -0.39 is 0 Å². The quantitative estimate of drug-likeness (QED) is 0.543. The molecular weight excluding hydrogens is 196 g/mol. The lowest BCUT2D eigenvalue weighted by Crippen LogP contribution is -2.41. The Morgan fingerprint density at radius 1 is 1.20 bits per heavy atom. The molecule has 15 heavy (non-hydrogen) atoms. The molecule has 6 heteroatoms. The normalized spacial score (nSPS) is 13.5. The Morgan fingerprint density at radius 2 is 1.87 bits per heavy atom. The van der Waals surface area contributed by atoms with Crippen molar-refractivity contribution in [2.24, 2.45) is 10.3 Å². The number of hydrogen-bond acceptors (Lipinski definition) is 4. The Kier molecular flexibility index (Phi) is 3.54. The van der Waals surface area contributed by atoms with Crippen molar-refractivity contribution in [3.63, 3.8) is 0 Å². The summed E-state index contributed by atoms with van der Waals surface area (Å²) in [5, 5.41) is 24.2. The lowest BCUT2D eigenvalue weighted by atomic mass is 10.3. The third-order valence-corrected chi connectivity index (χ3v) is 2.30. The van der Waals surface area contributed by atoms with Gasteiger partial charge in [0.2, 0.25) is 5.62 Å². The Hall–Kier alpha value is -1.72. The van der Waals surface area contributed by atoms with Crippen LogP contribution in [0.3, 0.4) is 0 Å². The summed E-state index contributed by atoms with van der Waals surface area (Å²) in [4.78, 5) is 0.